The van der Waals surface area contributed by atoms with Crippen molar-refractivity contribution in [2.24, 2.45) is 10.7 Å². The van der Waals surface area contributed by atoms with Crippen LogP contribution in [0.15, 0.2) is 64.1 Å². The summed E-state index contributed by atoms with van der Waals surface area (Å²) in [6.45, 7) is 2.63. The Kier molecular flexibility index (Phi) is 6.11. The van der Waals surface area contributed by atoms with E-state index in [1.54, 1.807) is 18.2 Å². The molecule has 0 aliphatic carbocycles. The van der Waals surface area contributed by atoms with Gasteiger partial charge in [0.15, 0.2) is 0 Å². The number of rotatable bonds is 5. The third kappa shape index (κ3) is 4.82. The van der Waals surface area contributed by atoms with Crippen molar-refractivity contribution in [1.29, 1.82) is 0 Å². The summed E-state index contributed by atoms with van der Waals surface area (Å²) < 4.78 is 19.3. The molecule has 0 radical (unpaired) electrons. The summed E-state index contributed by atoms with van der Waals surface area (Å²) in [5, 5.41) is 4.12. The number of aromatic nitrogens is 1. The van der Waals surface area contributed by atoms with Crippen molar-refractivity contribution in [1.82, 2.24) is 10.1 Å². The number of guanidine groups is 1. The molecule has 160 valence electrons. The Labute approximate surface area is 180 Å². The Hall–Kier alpha value is -3.48. The number of piperidine rings is 1. The number of carbonyl (C=O) groups is 1. The van der Waals surface area contributed by atoms with Crippen LogP contribution in [-0.4, -0.2) is 28.5 Å². The van der Waals surface area contributed by atoms with E-state index in [2.05, 4.69) is 10.1 Å². The molecule has 0 spiro atoms. The summed E-state index contributed by atoms with van der Waals surface area (Å²) >= 11 is 0. The second-order valence-corrected chi connectivity index (χ2v) is 7.84. The summed E-state index contributed by atoms with van der Waals surface area (Å²) in [4.78, 5) is 17.7. The summed E-state index contributed by atoms with van der Waals surface area (Å²) in [5.41, 5.74) is 9.29. The van der Waals surface area contributed by atoms with E-state index in [4.69, 9.17) is 10.3 Å². The van der Waals surface area contributed by atoms with Gasteiger partial charge in [0.25, 0.3) is 5.88 Å². The zero-order valence-corrected chi connectivity index (χ0v) is 17.4. The highest BCUT2D eigenvalue weighted by atomic mass is 19.1. The summed E-state index contributed by atoms with van der Waals surface area (Å²) in [5.74, 6) is 0.269. The smallest absolute Gasteiger partial charge is 0.253 e. The van der Waals surface area contributed by atoms with Crippen LogP contribution in [0, 0.1) is 5.82 Å². The van der Waals surface area contributed by atoms with Crippen molar-refractivity contribution in [2.45, 2.75) is 38.5 Å². The van der Waals surface area contributed by atoms with Crippen LogP contribution in [0.25, 0.3) is 11.1 Å². The lowest BCUT2D eigenvalue weighted by molar-refractivity contribution is -0.129. The number of hydrogen-bond donors (Lipinski definition) is 1. The molecule has 1 amide bonds. The third-order valence-electron chi connectivity index (χ3n) is 5.53. The number of benzene rings is 2. The molecule has 4 rings (SSSR count). The van der Waals surface area contributed by atoms with Gasteiger partial charge in [-0.2, -0.15) is 4.99 Å². The number of hydrogen-bond acceptors (Lipinski definition) is 4. The normalized spacial score (nSPS) is 15.9. The predicted molar refractivity (Wildman–Crippen MR) is 117 cm³/mol. The molecule has 2 N–H and O–H groups in total. The van der Waals surface area contributed by atoms with Gasteiger partial charge < -0.3 is 10.3 Å². The van der Waals surface area contributed by atoms with Gasteiger partial charge in [-0.25, -0.2) is 4.39 Å². The van der Waals surface area contributed by atoms with Gasteiger partial charge in [-0.1, -0.05) is 54.5 Å². The average molecular weight is 420 g/mol. The minimum atomic E-state index is -0.232. The van der Waals surface area contributed by atoms with E-state index in [0.717, 1.165) is 36.1 Å². The Morgan fingerprint density at radius 2 is 2.00 bits per heavy atom. The summed E-state index contributed by atoms with van der Waals surface area (Å²) in [6, 6.07) is 16.3. The van der Waals surface area contributed by atoms with E-state index < -0.39 is 0 Å². The number of nitrogens with two attached hydrogens (primary N) is 1. The van der Waals surface area contributed by atoms with Gasteiger partial charge in [-0.15, -0.1) is 0 Å². The van der Waals surface area contributed by atoms with Gasteiger partial charge in [-0.3, -0.25) is 9.69 Å². The van der Waals surface area contributed by atoms with Crippen LogP contribution in [0.4, 0.5) is 10.3 Å². The number of halogens is 1. The largest absolute Gasteiger partial charge is 0.369 e. The van der Waals surface area contributed by atoms with Crippen molar-refractivity contribution < 1.29 is 13.7 Å². The van der Waals surface area contributed by atoms with E-state index in [1.807, 2.05) is 37.3 Å². The first kappa shape index (κ1) is 20.8. The van der Waals surface area contributed by atoms with Crippen molar-refractivity contribution in [3.63, 3.8) is 0 Å². The van der Waals surface area contributed by atoms with Crippen LogP contribution in [0.1, 0.15) is 43.4 Å². The fraction of sp³-hybridized carbons (Fsp3) is 0.292. The minimum Gasteiger partial charge on any atom is -0.369 e. The molecule has 1 fully saturated rings. The predicted octanol–water partition coefficient (Wildman–Crippen LogP) is 4.79. The molecule has 1 unspecified atom stereocenters. The van der Waals surface area contributed by atoms with Crippen LogP contribution in [0.2, 0.25) is 0 Å². The van der Waals surface area contributed by atoms with E-state index in [-0.39, 0.29) is 29.5 Å². The van der Waals surface area contributed by atoms with E-state index in [9.17, 15) is 9.18 Å². The van der Waals surface area contributed by atoms with E-state index in [1.165, 1.54) is 11.0 Å². The molecule has 0 saturated carbocycles. The quantitative estimate of drug-likeness (QED) is 0.475. The molecule has 0 bridgehead atoms. The van der Waals surface area contributed by atoms with Crippen molar-refractivity contribution in [3.8, 4) is 11.1 Å². The molecule has 3 aromatic rings. The summed E-state index contributed by atoms with van der Waals surface area (Å²) in [7, 11) is 0. The van der Waals surface area contributed by atoms with Crippen molar-refractivity contribution in [2.75, 3.05) is 6.54 Å². The molecule has 1 aliphatic heterocycles. The average Bonchev–Trinajstić information content (AvgIpc) is 3.24. The Balaban J connectivity index is 1.42. The van der Waals surface area contributed by atoms with Crippen LogP contribution < -0.4 is 5.73 Å². The van der Waals surface area contributed by atoms with Crippen molar-refractivity contribution >= 4 is 17.8 Å². The van der Waals surface area contributed by atoms with Gasteiger partial charge in [-0.05, 0) is 36.5 Å². The molecular weight excluding hydrogens is 395 g/mol. The second kappa shape index (κ2) is 9.12. The Bertz CT molecular complexity index is 1090. The first-order chi connectivity index (χ1) is 15.0. The Morgan fingerprint density at radius 3 is 2.74 bits per heavy atom. The molecule has 1 aromatic heterocycles. The lowest BCUT2D eigenvalue weighted by Gasteiger charge is -2.25. The maximum atomic E-state index is 14.0. The van der Waals surface area contributed by atoms with E-state index >= 15 is 0 Å². The maximum absolute atomic E-state index is 14.0. The molecular formula is C24H25FN4O2. The van der Waals surface area contributed by atoms with Crippen LogP contribution in [0.3, 0.4) is 0 Å². The lowest BCUT2D eigenvalue weighted by atomic mass is 9.96. The van der Waals surface area contributed by atoms with Gasteiger partial charge >= 0.3 is 0 Å². The maximum Gasteiger partial charge on any atom is 0.253 e. The van der Waals surface area contributed by atoms with Crippen LogP contribution in [-0.2, 0) is 11.2 Å². The van der Waals surface area contributed by atoms with Crippen LogP contribution >= 0.6 is 0 Å². The van der Waals surface area contributed by atoms with Crippen molar-refractivity contribution in [3.05, 3.63) is 71.7 Å². The monoisotopic (exact) mass is 420 g/mol. The number of aliphatic imine (C=N–C) groups is 1. The fourth-order valence-corrected chi connectivity index (χ4v) is 3.76. The highest BCUT2D eigenvalue weighted by Gasteiger charge is 2.22. The molecule has 6 nitrogen and oxygen atoms in total. The molecule has 1 aliphatic rings. The number of carbonyl (C=O) groups excluding carboxylic acids is 1. The highest BCUT2D eigenvalue weighted by Crippen LogP contribution is 2.27. The molecule has 31 heavy (non-hydrogen) atoms. The topological polar surface area (TPSA) is 84.7 Å². The van der Waals surface area contributed by atoms with E-state index in [0.29, 0.717) is 18.5 Å². The number of likely N-dealkylation sites (tertiary alicyclic amines) is 1. The molecule has 2 heterocycles. The molecule has 7 heteroatoms. The lowest BCUT2D eigenvalue weighted by Crippen LogP contribution is -2.44. The van der Waals surface area contributed by atoms with Crippen LogP contribution in [0.5, 0.6) is 0 Å². The molecule has 1 atom stereocenters. The zero-order chi connectivity index (χ0) is 21.8. The fourth-order valence-electron chi connectivity index (χ4n) is 3.76. The van der Waals surface area contributed by atoms with Gasteiger partial charge in [0.05, 0.1) is 5.69 Å². The SMILES string of the molecule is CC(Cc1ccc(-c2ccccc2F)cc1)c1cc(N=C(N)N2CCCCC2=O)on1. The number of nitrogens with zero attached hydrogens (tertiary/aromatic N) is 3. The molecule has 2 aromatic carbocycles. The first-order valence-electron chi connectivity index (χ1n) is 10.5. The number of amides is 1. The van der Waals surface area contributed by atoms with Gasteiger partial charge in [0.2, 0.25) is 11.9 Å². The highest BCUT2D eigenvalue weighted by molar-refractivity contribution is 5.97. The molecule has 1 saturated heterocycles. The summed E-state index contributed by atoms with van der Waals surface area (Å²) in [6.07, 6.45) is 3.03. The van der Waals surface area contributed by atoms with Gasteiger partial charge in [0.1, 0.15) is 5.82 Å². The van der Waals surface area contributed by atoms with Gasteiger partial charge in [0, 0.05) is 30.5 Å². The zero-order valence-electron chi connectivity index (χ0n) is 17.4. The second-order valence-electron chi connectivity index (χ2n) is 7.84. The first-order valence-corrected chi connectivity index (χ1v) is 10.5. The third-order valence-corrected chi connectivity index (χ3v) is 5.53. The Morgan fingerprint density at radius 1 is 1.23 bits per heavy atom. The standard InChI is InChI=1S/C24H25FN4O2/c1-16(14-17-9-11-18(12-10-17)19-6-2-3-7-20(19)25)21-15-22(31-28-21)27-24(26)29-13-5-4-8-23(29)30/h2-3,6-7,9-12,15-16H,4-5,8,13-14H2,1H3,(H2,26,27). The minimum absolute atomic E-state index is 0.0144.